The number of carbonyl (C=O) groups is 1. The molecule has 0 bridgehead atoms. The van der Waals surface area contributed by atoms with Crippen LogP contribution in [-0.4, -0.2) is 16.0 Å². The zero-order valence-corrected chi connectivity index (χ0v) is 11.4. The van der Waals surface area contributed by atoms with E-state index >= 15 is 0 Å². The maximum Gasteiger partial charge on any atom is 0.342 e. The van der Waals surface area contributed by atoms with Gasteiger partial charge in [0.05, 0.1) is 11.0 Å². The maximum absolute atomic E-state index is 10.9. The third-order valence-corrected chi connectivity index (χ3v) is 3.12. The van der Waals surface area contributed by atoms with Crippen LogP contribution < -0.4 is 4.74 Å². The van der Waals surface area contributed by atoms with Crippen molar-refractivity contribution < 1.29 is 19.6 Å². The number of nitro benzene ring substituents is 1. The van der Waals surface area contributed by atoms with E-state index in [1.54, 1.807) is 24.3 Å². The summed E-state index contributed by atoms with van der Waals surface area (Å²) in [4.78, 5) is 21.0. The van der Waals surface area contributed by atoms with Crippen LogP contribution in [0.3, 0.4) is 0 Å². The molecule has 2 aromatic carbocycles. The first-order valence-corrected chi connectivity index (χ1v) is 6.25. The molecule has 0 unspecified atom stereocenters. The number of carboxylic acids is 1. The highest BCUT2D eigenvalue weighted by atomic mass is 35.5. The van der Waals surface area contributed by atoms with Gasteiger partial charge in [0.25, 0.3) is 5.69 Å². The molecule has 2 rings (SSSR count). The first-order chi connectivity index (χ1) is 9.99. The van der Waals surface area contributed by atoms with Crippen molar-refractivity contribution in [2.45, 2.75) is 6.61 Å². The Morgan fingerprint density at radius 2 is 2.00 bits per heavy atom. The highest BCUT2D eigenvalue weighted by Gasteiger charge is 2.20. The Balaban J connectivity index is 2.22. The molecule has 0 fully saturated rings. The molecule has 0 aliphatic rings. The van der Waals surface area contributed by atoms with Gasteiger partial charge in [-0.25, -0.2) is 4.79 Å². The summed E-state index contributed by atoms with van der Waals surface area (Å²) in [7, 11) is 0. The van der Waals surface area contributed by atoms with Gasteiger partial charge >= 0.3 is 5.97 Å². The average molecular weight is 308 g/mol. The van der Waals surface area contributed by atoms with Crippen LogP contribution in [0.4, 0.5) is 5.69 Å². The molecule has 0 radical (unpaired) electrons. The van der Waals surface area contributed by atoms with Crippen LogP contribution in [0.25, 0.3) is 0 Å². The largest absolute Gasteiger partial charge is 0.489 e. The van der Waals surface area contributed by atoms with Crippen molar-refractivity contribution in [2.24, 2.45) is 0 Å². The Bertz CT molecular complexity index is 702. The summed E-state index contributed by atoms with van der Waals surface area (Å²) in [5.41, 5.74) is -0.173. The lowest BCUT2D eigenvalue weighted by molar-refractivity contribution is -0.385. The van der Waals surface area contributed by atoms with Crippen molar-refractivity contribution in [3.8, 4) is 5.75 Å². The highest BCUT2D eigenvalue weighted by molar-refractivity contribution is 6.31. The van der Waals surface area contributed by atoms with E-state index in [2.05, 4.69) is 0 Å². The first-order valence-electron chi connectivity index (χ1n) is 5.87. The molecule has 0 atom stereocenters. The van der Waals surface area contributed by atoms with E-state index in [0.29, 0.717) is 5.02 Å². The van der Waals surface area contributed by atoms with Crippen LogP contribution >= 0.6 is 11.6 Å². The van der Waals surface area contributed by atoms with Gasteiger partial charge in [0.1, 0.15) is 17.9 Å². The number of nitrogens with zero attached hydrogens (tertiary/aromatic N) is 1. The quantitative estimate of drug-likeness (QED) is 0.674. The van der Waals surface area contributed by atoms with E-state index in [0.717, 1.165) is 17.7 Å². The van der Waals surface area contributed by atoms with Gasteiger partial charge in [-0.15, -0.1) is 0 Å². The summed E-state index contributed by atoms with van der Waals surface area (Å²) in [5.74, 6) is -1.16. The second-order valence-electron chi connectivity index (χ2n) is 4.12. The average Bonchev–Trinajstić information content (AvgIpc) is 2.46. The van der Waals surface area contributed by atoms with Crippen LogP contribution in [0.15, 0.2) is 42.5 Å². The van der Waals surface area contributed by atoms with Crippen LogP contribution in [-0.2, 0) is 6.61 Å². The Kier molecular flexibility index (Phi) is 4.39. The minimum absolute atomic E-state index is 0.128. The van der Waals surface area contributed by atoms with E-state index in [4.69, 9.17) is 21.4 Å². The zero-order chi connectivity index (χ0) is 15.4. The molecule has 0 saturated heterocycles. The fraction of sp³-hybridized carbons (Fsp3) is 0.0714. The second-order valence-corrected chi connectivity index (χ2v) is 4.53. The lowest BCUT2D eigenvalue weighted by atomic mass is 10.1. The molecule has 0 aliphatic heterocycles. The predicted octanol–water partition coefficient (Wildman–Crippen LogP) is 3.53. The number of rotatable bonds is 5. The van der Waals surface area contributed by atoms with Gasteiger partial charge in [0.15, 0.2) is 0 Å². The monoisotopic (exact) mass is 307 g/mol. The molecule has 7 heteroatoms. The number of ether oxygens (including phenoxy) is 1. The van der Waals surface area contributed by atoms with E-state index < -0.39 is 16.6 Å². The number of hydrogen-bond acceptors (Lipinski definition) is 4. The molecule has 0 aromatic heterocycles. The number of nitro groups is 1. The summed E-state index contributed by atoms with van der Waals surface area (Å²) >= 11 is 5.97. The van der Waals surface area contributed by atoms with Crippen molar-refractivity contribution in [1.29, 1.82) is 0 Å². The van der Waals surface area contributed by atoms with Gasteiger partial charge in [-0.1, -0.05) is 29.8 Å². The van der Waals surface area contributed by atoms with Gasteiger partial charge < -0.3 is 9.84 Å². The summed E-state index contributed by atoms with van der Waals surface area (Å²) < 4.78 is 5.42. The minimum atomic E-state index is -1.36. The van der Waals surface area contributed by atoms with Gasteiger partial charge in [0.2, 0.25) is 0 Å². The molecule has 0 saturated carbocycles. The van der Waals surface area contributed by atoms with Crippen LogP contribution in [0.2, 0.25) is 5.02 Å². The molecule has 6 nitrogen and oxygen atoms in total. The summed E-state index contributed by atoms with van der Waals surface area (Å²) in [6, 6.07) is 10.6. The number of benzene rings is 2. The van der Waals surface area contributed by atoms with Crippen LogP contribution in [0.1, 0.15) is 15.9 Å². The van der Waals surface area contributed by atoms with Gasteiger partial charge in [0, 0.05) is 10.6 Å². The van der Waals surface area contributed by atoms with Crippen molar-refractivity contribution in [2.75, 3.05) is 0 Å². The van der Waals surface area contributed by atoms with E-state index in [1.807, 2.05) is 0 Å². The van der Waals surface area contributed by atoms with Gasteiger partial charge in [-0.05, 0) is 18.2 Å². The number of carboxylic acid groups (broad SMARTS) is 1. The molecular weight excluding hydrogens is 298 g/mol. The third kappa shape index (κ3) is 3.49. The molecular formula is C14H10ClNO5. The van der Waals surface area contributed by atoms with Crippen LogP contribution in [0, 0.1) is 10.1 Å². The SMILES string of the molecule is O=C(O)c1ccc(OCc2ccccc2Cl)cc1[N+](=O)[O-]. The van der Waals surface area contributed by atoms with E-state index in [1.165, 1.54) is 6.07 Å². The smallest absolute Gasteiger partial charge is 0.342 e. The predicted molar refractivity (Wildman–Crippen MR) is 75.8 cm³/mol. The normalized spacial score (nSPS) is 10.1. The highest BCUT2D eigenvalue weighted by Crippen LogP contribution is 2.26. The minimum Gasteiger partial charge on any atom is -0.489 e. The Morgan fingerprint density at radius 1 is 1.29 bits per heavy atom. The van der Waals surface area contributed by atoms with Gasteiger partial charge in [-0.2, -0.15) is 0 Å². The van der Waals surface area contributed by atoms with Crippen molar-refractivity contribution in [3.63, 3.8) is 0 Å². The van der Waals surface area contributed by atoms with Crippen molar-refractivity contribution in [1.82, 2.24) is 0 Å². The Hall–Kier alpha value is -2.60. The van der Waals surface area contributed by atoms with Crippen molar-refractivity contribution >= 4 is 23.3 Å². The van der Waals surface area contributed by atoms with E-state index in [-0.39, 0.29) is 17.9 Å². The maximum atomic E-state index is 10.9. The second kappa shape index (κ2) is 6.23. The van der Waals surface area contributed by atoms with Crippen LogP contribution in [0.5, 0.6) is 5.75 Å². The molecule has 0 spiro atoms. The first kappa shape index (κ1) is 14.8. The fourth-order valence-corrected chi connectivity index (χ4v) is 1.90. The third-order valence-electron chi connectivity index (χ3n) is 2.75. The molecule has 0 amide bonds. The number of hydrogen-bond donors (Lipinski definition) is 1. The Labute approximate surface area is 124 Å². The molecule has 0 aliphatic carbocycles. The van der Waals surface area contributed by atoms with Gasteiger partial charge in [-0.3, -0.25) is 10.1 Å². The molecule has 1 N–H and O–H groups in total. The standard InChI is InChI=1S/C14H10ClNO5/c15-12-4-2-1-3-9(12)8-21-10-5-6-11(14(17)18)13(7-10)16(19)20/h1-7H,8H2,(H,17,18). The van der Waals surface area contributed by atoms with E-state index in [9.17, 15) is 14.9 Å². The molecule has 21 heavy (non-hydrogen) atoms. The molecule has 2 aromatic rings. The lowest BCUT2D eigenvalue weighted by Gasteiger charge is -2.08. The molecule has 0 heterocycles. The summed E-state index contributed by atoms with van der Waals surface area (Å²) in [6.07, 6.45) is 0. The zero-order valence-electron chi connectivity index (χ0n) is 10.7. The molecule has 108 valence electrons. The Morgan fingerprint density at radius 3 is 2.62 bits per heavy atom. The number of aromatic carboxylic acids is 1. The van der Waals surface area contributed by atoms with Crippen molar-refractivity contribution in [3.05, 3.63) is 68.7 Å². The summed E-state index contributed by atoms with van der Waals surface area (Å²) in [6.45, 7) is 0.128. The fourth-order valence-electron chi connectivity index (χ4n) is 1.71. The summed E-state index contributed by atoms with van der Waals surface area (Å²) in [5, 5.41) is 20.3. The topological polar surface area (TPSA) is 89.7 Å². The lowest BCUT2D eigenvalue weighted by Crippen LogP contribution is -2.03. The number of halogens is 1.